The summed E-state index contributed by atoms with van der Waals surface area (Å²) in [6, 6.07) is 1.54. The van der Waals surface area contributed by atoms with Crippen molar-refractivity contribution in [2.24, 2.45) is 5.73 Å². The molecule has 5 heteroatoms. The smallest absolute Gasteiger partial charge is 0.315 e. The Morgan fingerprint density at radius 2 is 2.46 bits per heavy atom. The second-order valence-corrected chi connectivity index (χ2v) is 3.01. The van der Waals surface area contributed by atoms with Gasteiger partial charge in [0.05, 0.1) is 12.2 Å². The number of aromatic nitrogens is 2. The minimum Gasteiger partial charge on any atom is -0.351 e. The lowest BCUT2D eigenvalue weighted by Crippen LogP contribution is -2.39. The SMILES string of the molecule is NC(=O)N1CCc2ccnnc2C1. The number of urea groups is 1. The lowest BCUT2D eigenvalue weighted by molar-refractivity contribution is 0.201. The average Bonchev–Trinajstić information content (AvgIpc) is 2.17. The number of primary amides is 1. The van der Waals surface area contributed by atoms with Gasteiger partial charge in [-0.25, -0.2) is 4.79 Å². The summed E-state index contributed by atoms with van der Waals surface area (Å²) in [5.74, 6) is 0. The van der Waals surface area contributed by atoms with Gasteiger partial charge < -0.3 is 10.6 Å². The average molecular weight is 178 g/mol. The molecule has 0 bridgehead atoms. The summed E-state index contributed by atoms with van der Waals surface area (Å²) in [7, 11) is 0. The molecular formula is C8H10N4O. The molecule has 2 rings (SSSR count). The predicted octanol–water partition coefficient (Wildman–Crippen LogP) is -0.0866. The Bertz CT molecular complexity index is 339. The number of nitrogens with two attached hydrogens (primary N) is 1. The van der Waals surface area contributed by atoms with Gasteiger partial charge in [-0.15, -0.1) is 0 Å². The fourth-order valence-electron chi connectivity index (χ4n) is 1.45. The molecule has 13 heavy (non-hydrogen) atoms. The first-order chi connectivity index (χ1) is 6.27. The number of rotatable bonds is 0. The molecule has 0 spiro atoms. The van der Waals surface area contributed by atoms with E-state index in [9.17, 15) is 4.79 Å². The van der Waals surface area contributed by atoms with E-state index in [1.807, 2.05) is 6.07 Å². The van der Waals surface area contributed by atoms with E-state index in [-0.39, 0.29) is 0 Å². The standard InChI is InChI=1S/C8H10N4O/c9-8(13)12-4-2-6-1-3-10-11-7(6)5-12/h1,3H,2,4-5H2,(H2,9,13). The van der Waals surface area contributed by atoms with E-state index in [0.29, 0.717) is 13.1 Å². The third kappa shape index (κ3) is 1.44. The van der Waals surface area contributed by atoms with Crippen molar-refractivity contribution < 1.29 is 4.79 Å². The van der Waals surface area contributed by atoms with Crippen molar-refractivity contribution in [3.05, 3.63) is 23.5 Å². The van der Waals surface area contributed by atoms with E-state index in [1.54, 1.807) is 11.1 Å². The Balaban J connectivity index is 2.24. The van der Waals surface area contributed by atoms with E-state index in [2.05, 4.69) is 10.2 Å². The van der Waals surface area contributed by atoms with Gasteiger partial charge >= 0.3 is 6.03 Å². The number of hydrogen-bond acceptors (Lipinski definition) is 3. The topological polar surface area (TPSA) is 72.1 Å². The highest BCUT2D eigenvalue weighted by Crippen LogP contribution is 2.14. The highest BCUT2D eigenvalue weighted by Gasteiger charge is 2.19. The Morgan fingerprint density at radius 3 is 3.23 bits per heavy atom. The first-order valence-electron chi connectivity index (χ1n) is 4.11. The Labute approximate surface area is 75.6 Å². The van der Waals surface area contributed by atoms with Gasteiger partial charge in [-0.05, 0) is 18.1 Å². The number of carbonyl (C=O) groups is 1. The van der Waals surface area contributed by atoms with Crippen LogP contribution in [0.2, 0.25) is 0 Å². The summed E-state index contributed by atoms with van der Waals surface area (Å²) < 4.78 is 0. The summed E-state index contributed by atoms with van der Waals surface area (Å²) in [6.45, 7) is 1.16. The zero-order chi connectivity index (χ0) is 9.26. The fourth-order valence-corrected chi connectivity index (χ4v) is 1.45. The zero-order valence-electron chi connectivity index (χ0n) is 7.10. The summed E-state index contributed by atoms with van der Waals surface area (Å²) in [5.41, 5.74) is 7.18. The molecule has 0 saturated carbocycles. The van der Waals surface area contributed by atoms with Crippen LogP contribution in [0.1, 0.15) is 11.3 Å². The maximum absolute atomic E-state index is 10.9. The molecule has 0 aromatic carbocycles. The zero-order valence-corrected chi connectivity index (χ0v) is 7.10. The van der Waals surface area contributed by atoms with E-state index >= 15 is 0 Å². The van der Waals surface area contributed by atoms with Gasteiger partial charge in [-0.2, -0.15) is 10.2 Å². The summed E-state index contributed by atoms with van der Waals surface area (Å²) in [4.78, 5) is 12.4. The van der Waals surface area contributed by atoms with Crippen molar-refractivity contribution >= 4 is 6.03 Å². The molecule has 0 saturated heterocycles. The van der Waals surface area contributed by atoms with Gasteiger partial charge in [0, 0.05) is 12.7 Å². The molecule has 0 atom stereocenters. The molecule has 68 valence electrons. The van der Waals surface area contributed by atoms with Crippen LogP contribution in [0.25, 0.3) is 0 Å². The van der Waals surface area contributed by atoms with Crippen LogP contribution >= 0.6 is 0 Å². The van der Waals surface area contributed by atoms with Crippen LogP contribution in [-0.2, 0) is 13.0 Å². The normalized spacial score (nSPS) is 15.2. The third-order valence-corrected chi connectivity index (χ3v) is 2.19. The van der Waals surface area contributed by atoms with E-state index in [1.165, 1.54) is 0 Å². The van der Waals surface area contributed by atoms with Crippen molar-refractivity contribution in [2.45, 2.75) is 13.0 Å². The Morgan fingerprint density at radius 1 is 1.62 bits per heavy atom. The van der Waals surface area contributed by atoms with Gasteiger partial charge in [0.1, 0.15) is 0 Å². The molecule has 0 radical (unpaired) electrons. The molecule has 1 aliphatic heterocycles. The molecule has 0 unspecified atom stereocenters. The molecule has 5 nitrogen and oxygen atoms in total. The van der Waals surface area contributed by atoms with Crippen LogP contribution in [0.3, 0.4) is 0 Å². The van der Waals surface area contributed by atoms with E-state index in [0.717, 1.165) is 17.7 Å². The van der Waals surface area contributed by atoms with Crippen molar-refractivity contribution in [3.63, 3.8) is 0 Å². The Kier molecular flexibility index (Phi) is 1.84. The van der Waals surface area contributed by atoms with Crippen LogP contribution in [0, 0.1) is 0 Å². The van der Waals surface area contributed by atoms with Crippen LogP contribution in [0.4, 0.5) is 4.79 Å². The van der Waals surface area contributed by atoms with Gasteiger partial charge in [0.2, 0.25) is 0 Å². The van der Waals surface area contributed by atoms with Crippen molar-refractivity contribution in [2.75, 3.05) is 6.54 Å². The predicted molar refractivity (Wildman–Crippen MR) is 45.7 cm³/mol. The lowest BCUT2D eigenvalue weighted by Gasteiger charge is -2.25. The van der Waals surface area contributed by atoms with Gasteiger partial charge in [-0.3, -0.25) is 0 Å². The van der Waals surface area contributed by atoms with Gasteiger partial charge in [-0.1, -0.05) is 0 Å². The molecule has 2 amide bonds. The number of nitrogens with zero attached hydrogens (tertiary/aromatic N) is 3. The number of amides is 2. The number of fused-ring (bicyclic) bond motifs is 1. The third-order valence-electron chi connectivity index (χ3n) is 2.19. The van der Waals surface area contributed by atoms with E-state index in [4.69, 9.17) is 5.73 Å². The minimum absolute atomic E-state index is 0.392. The molecule has 2 N–H and O–H groups in total. The Hall–Kier alpha value is -1.65. The minimum atomic E-state index is -0.392. The number of hydrogen-bond donors (Lipinski definition) is 1. The molecule has 1 aliphatic rings. The largest absolute Gasteiger partial charge is 0.351 e. The molecule has 1 aromatic rings. The van der Waals surface area contributed by atoms with Gasteiger partial charge in [0.15, 0.2) is 0 Å². The maximum Gasteiger partial charge on any atom is 0.315 e. The quantitative estimate of drug-likeness (QED) is 0.603. The van der Waals surface area contributed by atoms with E-state index < -0.39 is 6.03 Å². The molecule has 0 aliphatic carbocycles. The maximum atomic E-state index is 10.9. The number of carbonyl (C=O) groups excluding carboxylic acids is 1. The van der Waals surface area contributed by atoms with Gasteiger partial charge in [0.25, 0.3) is 0 Å². The van der Waals surface area contributed by atoms with Crippen molar-refractivity contribution in [1.82, 2.24) is 15.1 Å². The molecule has 0 fully saturated rings. The lowest BCUT2D eigenvalue weighted by atomic mass is 10.1. The van der Waals surface area contributed by atoms with Crippen molar-refractivity contribution in [3.8, 4) is 0 Å². The second-order valence-electron chi connectivity index (χ2n) is 3.01. The molecular weight excluding hydrogens is 168 g/mol. The van der Waals surface area contributed by atoms with Crippen LogP contribution < -0.4 is 5.73 Å². The summed E-state index contributed by atoms with van der Waals surface area (Å²) in [6.07, 6.45) is 2.48. The summed E-state index contributed by atoms with van der Waals surface area (Å²) >= 11 is 0. The fraction of sp³-hybridized carbons (Fsp3) is 0.375. The highest BCUT2D eigenvalue weighted by atomic mass is 16.2. The van der Waals surface area contributed by atoms with Crippen LogP contribution in [-0.4, -0.2) is 27.7 Å². The first kappa shape index (κ1) is 7.97. The second kappa shape index (κ2) is 3.01. The van der Waals surface area contributed by atoms with Crippen LogP contribution in [0.15, 0.2) is 12.3 Å². The van der Waals surface area contributed by atoms with Crippen molar-refractivity contribution in [1.29, 1.82) is 0 Å². The summed E-state index contributed by atoms with van der Waals surface area (Å²) in [5, 5.41) is 7.72. The highest BCUT2D eigenvalue weighted by molar-refractivity contribution is 5.72. The monoisotopic (exact) mass is 178 g/mol. The first-order valence-corrected chi connectivity index (χ1v) is 4.11. The molecule has 1 aromatic heterocycles. The van der Waals surface area contributed by atoms with Crippen LogP contribution in [0.5, 0.6) is 0 Å². The molecule has 2 heterocycles.